The maximum absolute atomic E-state index is 14.7. The van der Waals surface area contributed by atoms with E-state index in [9.17, 15) is 41.0 Å². The summed E-state index contributed by atoms with van der Waals surface area (Å²) in [7, 11) is 0. The van der Waals surface area contributed by atoms with Crippen molar-refractivity contribution >= 4 is 34.3 Å². The number of aliphatic hydroxyl groups is 1. The molecule has 2 atom stereocenters. The molecule has 0 bridgehead atoms. The number of ether oxygens (including phenoxy) is 2. The van der Waals surface area contributed by atoms with Gasteiger partial charge >= 0.3 is 12.8 Å². The SMILES string of the molecule is Cc1cnc2c(OC(F)F)cc(C(=O)NCC(O)(c3cc4c(c(-c5ccc(F)cc5Cl)n3)OC[C@]4(C)C(N)=O)C(F)(F)F)cc2c1. The Morgan fingerprint density at radius 2 is 1.91 bits per heavy atom. The number of amides is 2. The van der Waals surface area contributed by atoms with Crippen molar-refractivity contribution in [3.05, 3.63) is 81.9 Å². The number of benzene rings is 2. The van der Waals surface area contributed by atoms with Gasteiger partial charge in [0.1, 0.15) is 34.8 Å². The summed E-state index contributed by atoms with van der Waals surface area (Å²) in [5.74, 6) is -3.60. The van der Waals surface area contributed by atoms with Crippen LogP contribution in [0.3, 0.4) is 0 Å². The fourth-order valence-electron chi connectivity index (χ4n) is 4.95. The summed E-state index contributed by atoms with van der Waals surface area (Å²) in [6, 6.07) is 7.32. The highest BCUT2D eigenvalue weighted by atomic mass is 35.5. The Labute approximate surface area is 261 Å². The molecule has 46 heavy (non-hydrogen) atoms. The highest BCUT2D eigenvalue weighted by Crippen LogP contribution is 2.48. The van der Waals surface area contributed by atoms with Crippen LogP contribution in [0.2, 0.25) is 5.02 Å². The number of carbonyl (C=O) groups is 2. The minimum atomic E-state index is -5.50. The molecular formula is C30H23ClF6N4O5. The van der Waals surface area contributed by atoms with Crippen LogP contribution in [0.5, 0.6) is 11.5 Å². The summed E-state index contributed by atoms with van der Waals surface area (Å²) in [6.45, 7) is -2.27. The number of hydrogen-bond donors (Lipinski definition) is 3. The zero-order chi connectivity index (χ0) is 33.8. The van der Waals surface area contributed by atoms with Gasteiger partial charge in [0.05, 0.1) is 17.3 Å². The van der Waals surface area contributed by atoms with Crippen LogP contribution in [0, 0.1) is 12.7 Å². The van der Waals surface area contributed by atoms with E-state index in [1.807, 2.05) is 5.32 Å². The molecule has 0 fully saturated rings. The van der Waals surface area contributed by atoms with Gasteiger partial charge in [0.15, 0.2) is 5.75 Å². The lowest BCUT2D eigenvalue weighted by atomic mass is 9.81. The average molecular weight is 669 g/mol. The number of nitrogens with two attached hydrogens (primary N) is 1. The maximum Gasteiger partial charge on any atom is 0.424 e. The number of carbonyl (C=O) groups excluding carboxylic acids is 2. The molecule has 2 aromatic heterocycles. The van der Waals surface area contributed by atoms with Gasteiger partial charge in [0.25, 0.3) is 5.91 Å². The molecule has 1 unspecified atom stereocenters. The highest BCUT2D eigenvalue weighted by molar-refractivity contribution is 6.33. The zero-order valence-electron chi connectivity index (χ0n) is 23.8. The summed E-state index contributed by atoms with van der Waals surface area (Å²) in [6.07, 6.45) is -4.13. The lowest BCUT2D eigenvalue weighted by molar-refractivity contribution is -0.265. The third kappa shape index (κ3) is 5.75. The van der Waals surface area contributed by atoms with Gasteiger partial charge in [-0.15, -0.1) is 0 Å². The van der Waals surface area contributed by atoms with Gasteiger partial charge < -0.3 is 25.6 Å². The second-order valence-electron chi connectivity index (χ2n) is 10.8. The molecule has 1 aliphatic rings. The number of halogens is 7. The summed E-state index contributed by atoms with van der Waals surface area (Å²) in [5, 5.41) is 13.1. The van der Waals surface area contributed by atoms with Crippen molar-refractivity contribution in [1.29, 1.82) is 0 Å². The van der Waals surface area contributed by atoms with Crippen molar-refractivity contribution in [2.75, 3.05) is 13.2 Å². The second kappa shape index (κ2) is 11.6. The van der Waals surface area contributed by atoms with Crippen molar-refractivity contribution < 1.29 is 50.5 Å². The molecule has 1 aliphatic heterocycles. The first-order chi connectivity index (χ1) is 21.4. The quantitative estimate of drug-likeness (QED) is 0.216. The van der Waals surface area contributed by atoms with Gasteiger partial charge in [-0.25, -0.2) is 9.37 Å². The fourth-order valence-corrected chi connectivity index (χ4v) is 5.21. The third-order valence-electron chi connectivity index (χ3n) is 7.56. The normalized spacial score (nSPS) is 17.4. The highest BCUT2D eigenvalue weighted by Gasteiger charge is 2.57. The zero-order valence-corrected chi connectivity index (χ0v) is 24.6. The van der Waals surface area contributed by atoms with Crippen LogP contribution < -0.4 is 20.5 Å². The van der Waals surface area contributed by atoms with Crippen LogP contribution in [0.4, 0.5) is 26.3 Å². The molecule has 0 saturated heterocycles. The van der Waals surface area contributed by atoms with Crippen molar-refractivity contribution in [3.63, 3.8) is 0 Å². The number of rotatable bonds is 8. The van der Waals surface area contributed by atoms with Crippen LogP contribution >= 0.6 is 11.6 Å². The smallest absolute Gasteiger partial charge is 0.424 e. The van der Waals surface area contributed by atoms with Gasteiger partial charge in [-0.05, 0) is 61.9 Å². The molecule has 9 nitrogen and oxygen atoms in total. The summed E-state index contributed by atoms with van der Waals surface area (Å²) >= 11 is 6.19. The van der Waals surface area contributed by atoms with E-state index in [0.29, 0.717) is 5.56 Å². The van der Waals surface area contributed by atoms with Crippen molar-refractivity contribution in [1.82, 2.24) is 15.3 Å². The van der Waals surface area contributed by atoms with E-state index in [-0.39, 0.29) is 44.1 Å². The standard InChI is InChI=1S/C30H23ClF6N4O5/c1-13-5-14-6-15(7-20(46-27(33)34)22(14)39-10-13)25(42)40-11-29(44,30(35,36)37)21-9-18-24(45-12-28(18,2)26(38)43)23(41-21)17-4-3-16(32)8-19(17)31/h3-10,27,44H,11-12H2,1-2H3,(H2,38,43)(H,40,42)/t28-,29?/m0/s1. The number of nitrogens with one attached hydrogen (secondary N) is 1. The Morgan fingerprint density at radius 1 is 1.20 bits per heavy atom. The number of alkyl halides is 5. The molecule has 5 rings (SSSR count). The Morgan fingerprint density at radius 3 is 2.54 bits per heavy atom. The minimum absolute atomic E-state index is 0.0247. The van der Waals surface area contributed by atoms with E-state index < -0.39 is 66.0 Å². The van der Waals surface area contributed by atoms with Crippen molar-refractivity contribution in [2.45, 2.75) is 37.7 Å². The molecular weight excluding hydrogens is 646 g/mol. The summed E-state index contributed by atoms with van der Waals surface area (Å²) in [5.41, 5.74) is -1.52. The first-order valence-electron chi connectivity index (χ1n) is 13.3. The van der Waals surface area contributed by atoms with Crippen LogP contribution in [0.25, 0.3) is 22.2 Å². The molecule has 4 aromatic rings. The molecule has 4 N–H and O–H groups in total. The molecule has 0 radical (unpaired) electrons. The van der Waals surface area contributed by atoms with E-state index in [0.717, 1.165) is 30.3 Å². The molecule has 2 aromatic carbocycles. The number of aryl methyl sites for hydroxylation is 1. The number of primary amides is 1. The molecule has 2 amide bonds. The number of aromatic nitrogens is 2. The van der Waals surface area contributed by atoms with E-state index in [4.69, 9.17) is 22.1 Å². The number of pyridine rings is 2. The molecule has 16 heteroatoms. The molecule has 0 spiro atoms. The van der Waals surface area contributed by atoms with Gasteiger partial charge in [0, 0.05) is 28.3 Å². The predicted molar refractivity (Wildman–Crippen MR) is 152 cm³/mol. The third-order valence-corrected chi connectivity index (χ3v) is 7.88. The van der Waals surface area contributed by atoms with Gasteiger partial charge in [-0.2, -0.15) is 22.0 Å². The van der Waals surface area contributed by atoms with Crippen LogP contribution in [0.1, 0.15) is 34.1 Å². The van der Waals surface area contributed by atoms with E-state index in [1.54, 1.807) is 6.92 Å². The lowest BCUT2D eigenvalue weighted by Crippen LogP contribution is -2.51. The van der Waals surface area contributed by atoms with Crippen LogP contribution in [-0.2, 0) is 15.8 Å². The summed E-state index contributed by atoms with van der Waals surface area (Å²) < 4.78 is 94.3. The van der Waals surface area contributed by atoms with Gasteiger partial charge in [-0.1, -0.05) is 11.6 Å². The molecule has 3 heterocycles. The van der Waals surface area contributed by atoms with Crippen molar-refractivity contribution in [3.8, 4) is 22.8 Å². The Hall–Kier alpha value is -4.63. The van der Waals surface area contributed by atoms with E-state index in [1.165, 1.54) is 25.3 Å². The second-order valence-corrected chi connectivity index (χ2v) is 11.2. The minimum Gasteiger partial charge on any atom is -0.489 e. The largest absolute Gasteiger partial charge is 0.489 e. The maximum atomic E-state index is 14.7. The lowest BCUT2D eigenvalue weighted by Gasteiger charge is -2.31. The topological polar surface area (TPSA) is 137 Å². The number of hydrogen-bond acceptors (Lipinski definition) is 7. The van der Waals surface area contributed by atoms with Gasteiger partial charge in [0.2, 0.25) is 11.5 Å². The van der Waals surface area contributed by atoms with Gasteiger partial charge in [-0.3, -0.25) is 14.6 Å². The first kappa shape index (κ1) is 32.8. The Kier molecular flexibility index (Phi) is 8.28. The molecule has 0 saturated carbocycles. The summed E-state index contributed by atoms with van der Waals surface area (Å²) in [4.78, 5) is 33.6. The first-order valence-corrected chi connectivity index (χ1v) is 13.7. The van der Waals surface area contributed by atoms with Crippen LogP contribution in [0.15, 0.2) is 48.7 Å². The predicted octanol–water partition coefficient (Wildman–Crippen LogP) is 5.31. The monoisotopic (exact) mass is 668 g/mol. The average Bonchev–Trinajstić information content (AvgIpc) is 3.32. The van der Waals surface area contributed by atoms with Crippen molar-refractivity contribution in [2.24, 2.45) is 5.73 Å². The van der Waals surface area contributed by atoms with Crippen LogP contribution in [-0.4, -0.2) is 52.8 Å². The Balaban J connectivity index is 1.60. The van der Waals surface area contributed by atoms with E-state index >= 15 is 0 Å². The number of nitrogens with zero attached hydrogens (tertiary/aromatic N) is 2. The molecule has 242 valence electrons. The van der Waals surface area contributed by atoms with E-state index in [2.05, 4.69) is 14.7 Å². The fraction of sp³-hybridized carbons (Fsp3) is 0.267. The number of fused-ring (bicyclic) bond motifs is 2. The molecule has 0 aliphatic carbocycles. The Bertz CT molecular complexity index is 1890.